The van der Waals surface area contributed by atoms with Crippen molar-refractivity contribution in [3.05, 3.63) is 46.3 Å². The molecule has 8 nitrogen and oxygen atoms in total. The first kappa shape index (κ1) is 18.4. The van der Waals surface area contributed by atoms with Crippen LogP contribution in [0.3, 0.4) is 0 Å². The van der Waals surface area contributed by atoms with Crippen LogP contribution in [0.2, 0.25) is 0 Å². The van der Waals surface area contributed by atoms with Crippen LogP contribution in [0.25, 0.3) is 0 Å². The molecule has 0 bridgehead atoms. The average Bonchev–Trinajstić information content (AvgIpc) is 2.54. The molecular weight excluding hydrogens is 343 g/mol. The zero-order chi connectivity index (χ0) is 18.4. The van der Waals surface area contributed by atoms with Gasteiger partial charge in [0.2, 0.25) is 11.6 Å². The van der Waals surface area contributed by atoms with E-state index >= 15 is 0 Å². The van der Waals surface area contributed by atoms with Gasteiger partial charge in [0.25, 0.3) is 0 Å². The van der Waals surface area contributed by atoms with E-state index in [0.717, 1.165) is 30.6 Å². The number of nitrogens with one attached hydrogen (secondary N) is 2. The van der Waals surface area contributed by atoms with E-state index in [1.54, 1.807) is 0 Å². The van der Waals surface area contributed by atoms with E-state index in [9.17, 15) is 23.3 Å². The summed E-state index contributed by atoms with van der Waals surface area (Å²) in [6.45, 7) is 0.594. The highest BCUT2D eigenvalue weighted by molar-refractivity contribution is 5.73. The number of nitro groups is 1. The lowest BCUT2D eigenvalue weighted by molar-refractivity contribution is -0.383. The molecule has 2 aromatic rings. The minimum absolute atomic E-state index is 0.0218. The Hall–Kier alpha value is -2.95. The summed E-state index contributed by atoms with van der Waals surface area (Å²) < 4.78 is 42.5. The highest BCUT2D eigenvalue weighted by Gasteiger charge is 2.30. The summed E-state index contributed by atoms with van der Waals surface area (Å²) in [5.41, 5.74) is -1.02. The van der Waals surface area contributed by atoms with Crippen molar-refractivity contribution in [1.29, 1.82) is 0 Å². The highest BCUT2D eigenvalue weighted by Crippen LogP contribution is 2.33. The number of anilines is 3. The predicted molar refractivity (Wildman–Crippen MR) is 83.8 cm³/mol. The molecule has 11 heteroatoms. The zero-order valence-corrected chi connectivity index (χ0v) is 13.0. The van der Waals surface area contributed by atoms with Crippen LogP contribution in [0.1, 0.15) is 5.56 Å². The molecule has 134 valence electrons. The van der Waals surface area contributed by atoms with E-state index in [4.69, 9.17) is 4.74 Å². The number of hydrogen-bond donors (Lipinski definition) is 2. The van der Waals surface area contributed by atoms with Crippen molar-refractivity contribution < 1.29 is 22.8 Å². The number of nitrogens with zero attached hydrogens (tertiary/aromatic N) is 3. The Bertz CT molecular complexity index is 737. The van der Waals surface area contributed by atoms with E-state index in [1.807, 2.05) is 0 Å². The summed E-state index contributed by atoms with van der Waals surface area (Å²) in [6.07, 6.45) is -3.35. The van der Waals surface area contributed by atoms with Crippen molar-refractivity contribution in [2.24, 2.45) is 0 Å². The molecule has 0 aliphatic carbocycles. The molecule has 1 aromatic carbocycles. The first-order valence-corrected chi connectivity index (χ1v) is 6.99. The summed E-state index contributed by atoms with van der Waals surface area (Å²) in [4.78, 5) is 18.2. The van der Waals surface area contributed by atoms with Crippen LogP contribution >= 0.6 is 0 Å². The molecule has 2 rings (SSSR count). The van der Waals surface area contributed by atoms with Crippen molar-refractivity contribution >= 4 is 23.0 Å². The third-order valence-corrected chi connectivity index (χ3v) is 3.08. The number of rotatable bonds is 7. The number of halogens is 3. The van der Waals surface area contributed by atoms with Crippen LogP contribution < -0.4 is 10.6 Å². The number of methoxy groups -OCH3 is 1. The fourth-order valence-corrected chi connectivity index (χ4v) is 1.92. The lowest BCUT2D eigenvalue weighted by Gasteiger charge is -2.11. The Kier molecular flexibility index (Phi) is 5.70. The maximum absolute atomic E-state index is 12.6. The van der Waals surface area contributed by atoms with Gasteiger partial charge in [0.05, 0.1) is 17.1 Å². The summed E-state index contributed by atoms with van der Waals surface area (Å²) >= 11 is 0. The van der Waals surface area contributed by atoms with Crippen molar-refractivity contribution in [3.8, 4) is 0 Å². The second kappa shape index (κ2) is 7.75. The number of hydrogen-bond acceptors (Lipinski definition) is 7. The molecule has 0 saturated carbocycles. The Morgan fingerprint density at radius 3 is 2.40 bits per heavy atom. The maximum atomic E-state index is 12.6. The Labute approximate surface area is 140 Å². The second-order valence-electron chi connectivity index (χ2n) is 4.80. The van der Waals surface area contributed by atoms with E-state index in [-0.39, 0.29) is 23.9 Å². The standard InChI is InChI=1S/C14H14F3N5O3/c1-25-7-6-18-12-11(22(23)24)13(20-8-19-12)21-10-4-2-9(3-5-10)14(15,16)17/h2-5,8H,6-7H2,1H3,(H2,18,19,20,21). The third-order valence-electron chi connectivity index (χ3n) is 3.08. The molecule has 0 radical (unpaired) electrons. The largest absolute Gasteiger partial charge is 0.416 e. The molecule has 25 heavy (non-hydrogen) atoms. The SMILES string of the molecule is COCCNc1ncnc(Nc2ccc(C(F)(F)F)cc2)c1[N+](=O)[O-]. The summed E-state index contributed by atoms with van der Waals surface area (Å²) in [7, 11) is 1.48. The average molecular weight is 357 g/mol. The van der Waals surface area contributed by atoms with Crippen molar-refractivity contribution in [3.63, 3.8) is 0 Å². The third kappa shape index (κ3) is 4.76. The molecular formula is C14H14F3N5O3. The number of aromatic nitrogens is 2. The van der Waals surface area contributed by atoms with Gasteiger partial charge in [0, 0.05) is 19.3 Å². The molecule has 1 heterocycles. The number of alkyl halides is 3. The molecule has 0 unspecified atom stereocenters. The molecule has 2 N–H and O–H groups in total. The van der Waals surface area contributed by atoms with Crippen LogP contribution in [0.4, 0.5) is 36.2 Å². The van der Waals surface area contributed by atoms with E-state index < -0.39 is 22.4 Å². The second-order valence-corrected chi connectivity index (χ2v) is 4.80. The van der Waals surface area contributed by atoms with Gasteiger partial charge in [0.1, 0.15) is 6.33 Å². The van der Waals surface area contributed by atoms with Gasteiger partial charge in [-0.1, -0.05) is 0 Å². The van der Waals surface area contributed by atoms with Gasteiger partial charge in [-0.2, -0.15) is 13.2 Å². The van der Waals surface area contributed by atoms with Gasteiger partial charge in [-0.25, -0.2) is 9.97 Å². The van der Waals surface area contributed by atoms with E-state index in [0.29, 0.717) is 6.61 Å². The minimum atomic E-state index is -4.46. The normalized spacial score (nSPS) is 11.2. The molecule has 0 spiro atoms. The fraction of sp³-hybridized carbons (Fsp3) is 0.286. The molecule has 0 atom stereocenters. The quantitative estimate of drug-likeness (QED) is 0.446. The topological polar surface area (TPSA) is 102 Å². The predicted octanol–water partition coefficient (Wildman–Crippen LogP) is 3.21. The fourth-order valence-electron chi connectivity index (χ4n) is 1.92. The van der Waals surface area contributed by atoms with Gasteiger partial charge in [-0.15, -0.1) is 0 Å². The lowest BCUT2D eigenvalue weighted by atomic mass is 10.2. The highest BCUT2D eigenvalue weighted by atomic mass is 19.4. The summed E-state index contributed by atoms with van der Waals surface area (Å²) in [5.74, 6) is -0.161. The Balaban J connectivity index is 2.26. The van der Waals surface area contributed by atoms with E-state index in [2.05, 4.69) is 20.6 Å². The minimum Gasteiger partial charge on any atom is -0.383 e. The lowest BCUT2D eigenvalue weighted by Crippen LogP contribution is -2.12. The monoisotopic (exact) mass is 357 g/mol. The first-order valence-electron chi connectivity index (χ1n) is 6.99. The van der Waals surface area contributed by atoms with Gasteiger partial charge in [0.15, 0.2) is 0 Å². The van der Waals surface area contributed by atoms with Crippen LogP contribution in [-0.2, 0) is 10.9 Å². The Morgan fingerprint density at radius 2 is 1.84 bits per heavy atom. The van der Waals surface area contributed by atoms with Gasteiger partial charge in [-0.05, 0) is 24.3 Å². The van der Waals surface area contributed by atoms with Crippen molar-refractivity contribution in [1.82, 2.24) is 9.97 Å². The number of ether oxygens (including phenoxy) is 1. The molecule has 0 saturated heterocycles. The van der Waals surface area contributed by atoms with Gasteiger partial charge < -0.3 is 15.4 Å². The van der Waals surface area contributed by atoms with Crippen LogP contribution in [0.5, 0.6) is 0 Å². The maximum Gasteiger partial charge on any atom is 0.416 e. The molecule has 0 aliphatic heterocycles. The van der Waals surface area contributed by atoms with Crippen molar-refractivity contribution in [2.45, 2.75) is 6.18 Å². The zero-order valence-electron chi connectivity index (χ0n) is 13.0. The first-order chi connectivity index (χ1) is 11.8. The van der Waals surface area contributed by atoms with Crippen LogP contribution in [0, 0.1) is 10.1 Å². The summed E-state index contributed by atoms with van der Waals surface area (Å²) in [5, 5.41) is 16.7. The molecule has 0 aliphatic rings. The van der Waals surface area contributed by atoms with Crippen LogP contribution in [-0.4, -0.2) is 35.2 Å². The molecule has 0 fully saturated rings. The Morgan fingerprint density at radius 1 is 1.20 bits per heavy atom. The smallest absolute Gasteiger partial charge is 0.383 e. The van der Waals surface area contributed by atoms with Crippen LogP contribution in [0.15, 0.2) is 30.6 Å². The summed E-state index contributed by atoms with van der Waals surface area (Å²) in [6, 6.07) is 4.06. The van der Waals surface area contributed by atoms with Gasteiger partial charge in [-0.3, -0.25) is 10.1 Å². The molecule has 1 aromatic heterocycles. The number of benzene rings is 1. The van der Waals surface area contributed by atoms with E-state index in [1.165, 1.54) is 7.11 Å². The van der Waals surface area contributed by atoms with Crippen molar-refractivity contribution in [2.75, 3.05) is 30.9 Å². The van der Waals surface area contributed by atoms with Gasteiger partial charge >= 0.3 is 11.9 Å². The molecule has 0 amide bonds.